The van der Waals surface area contributed by atoms with Gasteiger partial charge in [-0.15, -0.1) is 0 Å². The molecular weight excluding hydrogens is 196 g/mol. The summed E-state index contributed by atoms with van der Waals surface area (Å²) in [5.74, 6) is 1.59. The van der Waals surface area contributed by atoms with Crippen LogP contribution in [0.1, 0.15) is 53.4 Å². The summed E-state index contributed by atoms with van der Waals surface area (Å²) < 4.78 is 0. The zero-order valence-electron chi connectivity index (χ0n) is 12.0. The molecule has 0 bridgehead atoms. The van der Waals surface area contributed by atoms with Crippen molar-refractivity contribution in [2.45, 2.75) is 59.4 Å². The number of hydrogen-bond acceptors (Lipinski definition) is 2. The van der Waals surface area contributed by atoms with Gasteiger partial charge in [0.05, 0.1) is 0 Å². The molecule has 0 aliphatic heterocycles. The van der Waals surface area contributed by atoms with Crippen molar-refractivity contribution in [3.8, 4) is 0 Å². The number of rotatable bonds is 10. The molecule has 0 aliphatic carbocycles. The molecule has 0 spiro atoms. The zero-order chi connectivity index (χ0) is 12.4. The predicted octanol–water partition coefficient (Wildman–Crippen LogP) is 3.04. The molecule has 0 amide bonds. The molecule has 0 rings (SSSR count). The predicted molar refractivity (Wildman–Crippen MR) is 73.9 cm³/mol. The monoisotopic (exact) mass is 228 g/mol. The van der Waals surface area contributed by atoms with Gasteiger partial charge < -0.3 is 10.6 Å². The Labute approximate surface area is 103 Å². The Kier molecular flexibility index (Phi) is 10.0. The Balaban J connectivity index is 3.81. The van der Waals surface area contributed by atoms with Crippen LogP contribution in [0.4, 0.5) is 0 Å². The summed E-state index contributed by atoms with van der Waals surface area (Å²) in [6, 6.07) is 0.618. The van der Waals surface area contributed by atoms with Gasteiger partial charge in [0.2, 0.25) is 0 Å². The second-order valence-electron chi connectivity index (χ2n) is 5.37. The van der Waals surface area contributed by atoms with Crippen molar-refractivity contribution in [2.24, 2.45) is 11.8 Å². The average Bonchev–Trinajstić information content (AvgIpc) is 2.27. The number of hydrogen-bond donors (Lipinski definition) is 2. The molecule has 16 heavy (non-hydrogen) atoms. The first kappa shape index (κ1) is 15.9. The van der Waals surface area contributed by atoms with Crippen LogP contribution in [0.2, 0.25) is 0 Å². The van der Waals surface area contributed by atoms with Gasteiger partial charge in [0, 0.05) is 6.04 Å². The molecule has 0 fully saturated rings. The van der Waals surface area contributed by atoms with Crippen LogP contribution < -0.4 is 10.6 Å². The lowest BCUT2D eigenvalue weighted by atomic mass is 9.92. The Morgan fingerprint density at radius 3 is 2.25 bits per heavy atom. The maximum Gasteiger partial charge on any atom is 0.00761 e. The van der Waals surface area contributed by atoms with E-state index in [1.807, 2.05) is 0 Å². The fourth-order valence-corrected chi connectivity index (χ4v) is 1.90. The van der Waals surface area contributed by atoms with Crippen LogP contribution in [0.15, 0.2) is 0 Å². The van der Waals surface area contributed by atoms with Gasteiger partial charge in [-0.25, -0.2) is 0 Å². The minimum absolute atomic E-state index is 0.618. The standard InChI is InChI=1S/C14H32N2/c1-6-7-10-16-11-14(13(4)15-5)9-8-12(2)3/h12-16H,6-11H2,1-5H3/t13-,14?/m0/s1. The molecule has 0 saturated heterocycles. The van der Waals surface area contributed by atoms with E-state index in [1.165, 1.54) is 32.2 Å². The van der Waals surface area contributed by atoms with Crippen LogP contribution in [0.25, 0.3) is 0 Å². The molecule has 98 valence electrons. The highest BCUT2D eigenvalue weighted by Crippen LogP contribution is 2.15. The Hall–Kier alpha value is -0.0800. The lowest BCUT2D eigenvalue weighted by Gasteiger charge is -2.25. The molecule has 0 saturated carbocycles. The maximum atomic E-state index is 3.59. The van der Waals surface area contributed by atoms with E-state index in [0.29, 0.717) is 6.04 Å². The lowest BCUT2D eigenvalue weighted by Crippen LogP contribution is -2.37. The molecule has 2 heteroatoms. The van der Waals surface area contributed by atoms with Gasteiger partial charge in [0.1, 0.15) is 0 Å². The van der Waals surface area contributed by atoms with Crippen molar-refractivity contribution in [3.05, 3.63) is 0 Å². The highest BCUT2D eigenvalue weighted by atomic mass is 14.9. The third kappa shape index (κ3) is 8.12. The van der Waals surface area contributed by atoms with E-state index < -0.39 is 0 Å². The van der Waals surface area contributed by atoms with Gasteiger partial charge in [-0.2, -0.15) is 0 Å². The highest BCUT2D eigenvalue weighted by molar-refractivity contribution is 4.73. The zero-order valence-corrected chi connectivity index (χ0v) is 12.0. The van der Waals surface area contributed by atoms with Crippen LogP contribution in [0.3, 0.4) is 0 Å². The van der Waals surface area contributed by atoms with Crippen molar-refractivity contribution in [2.75, 3.05) is 20.1 Å². The van der Waals surface area contributed by atoms with Crippen LogP contribution in [0, 0.1) is 11.8 Å². The Morgan fingerprint density at radius 1 is 1.06 bits per heavy atom. The van der Waals surface area contributed by atoms with Crippen LogP contribution in [-0.4, -0.2) is 26.2 Å². The number of nitrogens with one attached hydrogen (secondary N) is 2. The minimum atomic E-state index is 0.618. The third-order valence-corrected chi connectivity index (χ3v) is 3.39. The minimum Gasteiger partial charge on any atom is -0.317 e. The molecule has 1 unspecified atom stereocenters. The molecule has 2 atom stereocenters. The summed E-state index contributed by atoms with van der Waals surface area (Å²) in [6.07, 6.45) is 5.25. The number of unbranched alkanes of at least 4 members (excludes halogenated alkanes) is 1. The van der Waals surface area contributed by atoms with Gasteiger partial charge in [0.15, 0.2) is 0 Å². The second-order valence-corrected chi connectivity index (χ2v) is 5.37. The van der Waals surface area contributed by atoms with Gasteiger partial charge in [-0.3, -0.25) is 0 Å². The van der Waals surface area contributed by atoms with E-state index in [2.05, 4.69) is 45.4 Å². The summed E-state index contributed by atoms with van der Waals surface area (Å²) in [7, 11) is 2.07. The van der Waals surface area contributed by atoms with E-state index in [1.54, 1.807) is 0 Å². The summed E-state index contributed by atoms with van der Waals surface area (Å²) in [6.45, 7) is 11.5. The topological polar surface area (TPSA) is 24.1 Å². The van der Waals surface area contributed by atoms with Gasteiger partial charge in [-0.1, -0.05) is 33.6 Å². The van der Waals surface area contributed by atoms with Gasteiger partial charge in [-0.05, 0) is 51.7 Å². The van der Waals surface area contributed by atoms with Crippen molar-refractivity contribution in [1.82, 2.24) is 10.6 Å². The van der Waals surface area contributed by atoms with Crippen LogP contribution in [0.5, 0.6) is 0 Å². The first-order valence-electron chi connectivity index (χ1n) is 6.99. The second kappa shape index (κ2) is 10.1. The summed E-state index contributed by atoms with van der Waals surface area (Å²) in [4.78, 5) is 0. The molecule has 0 aromatic heterocycles. The van der Waals surface area contributed by atoms with Crippen molar-refractivity contribution < 1.29 is 0 Å². The first-order chi connectivity index (χ1) is 7.61. The van der Waals surface area contributed by atoms with Crippen LogP contribution in [-0.2, 0) is 0 Å². The van der Waals surface area contributed by atoms with Crippen LogP contribution >= 0.6 is 0 Å². The highest BCUT2D eigenvalue weighted by Gasteiger charge is 2.15. The van der Waals surface area contributed by atoms with Crippen molar-refractivity contribution >= 4 is 0 Å². The van der Waals surface area contributed by atoms with Crippen molar-refractivity contribution in [1.29, 1.82) is 0 Å². The first-order valence-corrected chi connectivity index (χ1v) is 6.99. The molecule has 0 aromatic rings. The van der Waals surface area contributed by atoms with Gasteiger partial charge >= 0.3 is 0 Å². The molecule has 0 heterocycles. The van der Waals surface area contributed by atoms with E-state index in [0.717, 1.165) is 18.4 Å². The quantitative estimate of drug-likeness (QED) is 0.562. The normalized spacial score (nSPS) is 15.4. The third-order valence-electron chi connectivity index (χ3n) is 3.39. The summed E-state index contributed by atoms with van der Waals surface area (Å²) >= 11 is 0. The van der Waals surface area contributed by atoms with E-state index in [4.69, 9.17) is 0 Å². The smallest absolute Gasteiger partial charge is 0.00761 e. The molecule has 2 N–H and O–H groups in total. The van der Waals surface area contributed by atoms with E-state index in [9.17, 15) is 0 Å². The average molecular weight is 228 g/mol. The lowest BCUT2D eigenvalue weighted by molar-refractivity contribution is 0.327. The molecule has 0 aromatic carbocycles. The fourth-order valence-electron chi connectivity index (χ4n) is 1.90. The Morgan fingerprint density at radius 2 is 1.75 bits per heavy atom. The molecule has 2 nitrogen and oxygen atoms in total. The van der Waals surface area contributed by atoms with Crippen molar-refractivity contribution in [3.63, 3.8) is 0 Å². The maximum absolute atomic E-state index is 3.59. The fraction of sp³-hybridized carbons (Fsp3) is 1.00. The van der Waals surface area contributed by atoms with E-state index >= 15 is 0 Å². The summed E-state index contributed by atoms with van der Waals surface area (Å²) in [5.41, 5.74) is 0. The molecular formula is C14H32N2. The molecule has 0 radical (unpaired) electrons. The molecule has 0 aliphatic rings. The van der Waals surface area contributed by atoms with Gasteiger partial charge in [0.25, 0.3) is 0 Å². The SMILES string of the molecule is CCCCNCC(CCC(C)C)[C@H](C)NC. The van der Waals surface area contributed by atoms with E-state index in [-0.39, 0.29) is 0 Å². The summed E-state index contributed by atoms with van der Waals surface area (Å²) in [5, 5.41) is 6.98. The largest absolute Gasteiger partial charge is 0.317 e. The Bertz CT molecular complexity index is 146.